The quantitative estimate of drug-likeness (QED) is 0.348. The van der Waals surface area contributed by atoms with Crippen molar-refractivity contribution in [3.8, 4) is 0 Å². The van der Waals surface area contributed by atoms with Crippen molar-refractivity contribution in [3.63, 3.8) is 0 Å². The van der Waals surface area contributed by atoms with E-state index in [-0.39, 0.29) is 0 Å². The molecule has 0 aliphatic carbocycles. The van der Waals surface area contributed by atoms with Gasteiger partial charge in [-0.15, -0.1) is 4.33 Å². The number of hydrogen-bond donors (Lipinski definition) is 1. The molecule has 0 aliphatic rings. The maximum atomic E-state index is 11.2. The van der Waals surface area contributed by atoms with E-state index in [4.69, 9.17) is 14.0 Å². The summed E-state index contributed by atoms with van der Waals surface area (Å²) in [7, 11) is 0. The van der Waals surface area contributed by atoms with Crippen LogP contribution in [0, 0.1) is 0 Å². The Morgan fingerprint density at radius 1 is 1.29 bits per heavy atom. The van der Waals surface area contributed by atoms with E-state index in [2.05, 4.69) is 4.33 Å². The minimum Gasteiger partial charge on any atom is -0.748 e. The maximum absolute atomic E-state index is 11.2. The van der Waals surface area contributed by atoms with Crippen LogP contribution in [0.25, 0.3) is 0 Å². The van der Waals surface area contributed by atoms with Crippen LogP contribution in [0.1, 0.15) is 0 Å². The summed E-state index contributed by atoms with van der Waals surface area (Å²) in [5.41, 5.74) is 0. The summed E-state index contributed by atoms with van der Waals surface area (Å²) in [5, 5.41) is 7.03. The first-order valence-electron chi connectivity index (χ1n) is 2.50. The molecule has 88 valence electrons. The summed E-state index contributed by atoms with van der Waals surface area (Å²) in [5.74, 6) is -5.19. The fraction of sp³-hybridized carbons (Fsp3) is 1.00. The standard InChI is InChI=1S/C3H2F6.H2O4S/c4-1-2(5,6)3(7,8)9;1-4-5(2)3/h1H2;1H,(H,2,3)/p-1. The van der Waals surface area contributed by atoms with Gasteiger partial charge in [-0.3, -0.25) is 0 Å². The van der Waals surface area contributed by atoms with Gasteiger partial charge in [0.15, 0.2) is 6.67 Å². The molecule has 0 saturated heterocycles. The summed E-state index contributed by atoms with van der Waals surface area (Å²) in [6.45, 7) is -2.70. The fourth-order valence-corrected chi connectivity index (χ4v) is 0.0758. The van der Waals surface area contributed by atoms with Gasteiger partial charge in [-0.2, -0.15) is 22.0 Å². The van der Waals surface area contributed by atoms with Gasteiger partial charge in [0.05, 0.1) is 0 Å². The molecule has 0 aromatic rings. The van der Waals surface area contributed by atoms with Crippen LogP contribution < -0.4 is 0 Å². The molecule has 0 rings (SSSR count). The van der Waals surface area contributed by atoms with E-state index < -0.39 is 30.1 Å². The number of alkyl halides is 6. The van der Waals surface area contributed by atoms with Crippen LogP contribution in [0.4, 0.5) is 26.3 Å². The van der Waals surface area contributed by atoms with Crippen LogP contribution >= 0.6 is 0 Å². The third-order valence-electron chi connectivity index (χ3n) is 0.643. The van der Waals surface area contributed by atoms with Crippen molar-refractivity contribution in [2.45, 2.75) is 12.1 Å². The largest absolute Gasteiger partial charge is 0.748 e. The number of halogens is 6. The van der Waals surface area contributed by atoms with Crippen LogP contribution in [0.5, 0.6) is 0 Å². The maximum Gasteiger partial charge on any atom is 0.456 e. The van der Waals surface area contributed by atoms with Gasteiger partial charge in [0.1, 0.15) is 11.4 Å². The molecule has 0 spiro atoms. The highest BCUT2D eigenvalue weighted by Gasteiger charge is 2.57. The second-order valence-corrected chi connectivity index (χ2v) is 2.17. The molecule has 0 heterocycles. The Hall–Kier alpha value is -0.390. The van der Waals surface area contributed by atoms with Gasteiger partial charge in [0.2, 0.25) is 0 Å². The van der Waals surface area contributed by atoms with Crippen molar-refractivity contribution >= 4 is 11.4 Å². The van der Waals surface area contributed by atoms with E-state index >= 15 is 0 Å². The average molecular weight is 249 g/mol. The molecule has 0 bridgehead atoms. The van der Waals surface area contributed by atoms with Gasteiger partial charge in [0, 0.05) is 0 Å². The lowest BCUT2D eigenvalue weighted by Crippen LogP contribution is -2.38. The normalized spacial score (nSPS) is 14.3. The van der Waals surface area contributed by atoms with Crippen molar-refractivity contribution < 1.29 is 44.7 Å². The van der Waals surface area contributed by atoms with Crippen LogP contribution in [-0.2, 0) is 15.7 Å². The third kappa shape index (κ3) is 7.06. The average Bonchev–Trinajstić information content (AvgIpc) is 2.03. The predicted molar refractivity (Wildman–Crippen MR) is 29.6 cm³/mol. The van der Waals surface area contributed by atoms with Crippen LogP contribution in [0.2, 0.25) is 0 Å². The molecular formula is C3H3F6O4S-. The second kappa shape index (κ2) is 6.16. The van der Waals surface area contributed by atoms with Crippen molar-refractivity contribution in [2.75, 3.05) is 6.67 Å². The minimum atomic E-state index is -5.76. The molecule has 0 saturated carbocycles. The van der Waals surface area contributed by atoms with Crippen LogP contribution in [0.15, 0.2) is 0 Å². The molecule has 0 aromatic heterocycles. The molecule has 14 heavy (non-hydrogen) atoms. The zero-order valence-electron chi connectivity index (χ0n) is 6.06. The van der Waals surface area contributed by atoms with E-state index in [1.165, 1.54) is 0 Å². The summed E-state index contributed by atoms with van der Waals surface area (Å²) >= 11 is -2.77. The van der Waals surface area contributed by atoms with Crippen molar-refractivity contribution in [3.05, 3.63) is 0 Å². The smallest absolute Gasteiger partial charge is 0.456 e. The molecule has 1 unspecified atom stereocenters. The predicted octanol–water partition coefficient (Wildman–Crippen LogP) is 1.42. The van der Waals surface area contributed by atoms with E-state index in [0.29, 0.717) is 0 Å². The first-order valence-corrected chi connectivity index (χ1v) is 3.50. The molecule has 0 aromatic carbocycles. The Morgan fingerprint density at radius 2 is 1.57 bits per heavy atom. The molecule has 1 atom stereocenters. The molecule has 0 aliphatic heterocycles. The Kier molecular flexibility index (Phi) is 7.07. The fourth-order valence-electron chi connectivity index (χ4n) is 0.0758. The van der Waals surface area contributed by atoms with E-state index in [1.54, 1.807) is 0 Å². The topological polar surface area (TPSA) is 69.6 Å². The van der Waals surface area contributed by atoms with Gasteiger partial charge < -0.3 is 4.55 Å². The number of hydrogen-bond acceptors (Lipinski definition) is 4. The lowest BCUT2D eigenvalue weighted by molar-refractivity contribution is -0.286. The lowest BCUT2D eigenvalue weighted by Gasteiger charge is -2.14. The van der Waals surface area contributed by atoms with Gasteiger partial charge in [-0.1, -0.05) is 0 Å². The number of rotatable bonds is 2. The molecule has 1 N–H and O–H groups in total. The summed E-state index contributed by atoms with van der Waals surface area (Å²) in [4.78, 5) is 0. The van der Waals surface area contributed by atoms with Crippen LogP contribution in [0.3, 0.4) is 0 Å². The molecule has 4 nitrogen and oxygen atoms in total. The zero-order chi connectivity index (χ0) is 12.0. The van der Waals surface area contributed by atoms with Gasteiger partial charge in [-0.25, -0.2) is 13.9 Å². The molecule has 11 heteroatoms. The monoisotopic (exact) mass is 249 g/mol. The minimum absolute atomic E-state index is 2.67. The van der Waals surface area contributed by atoms with E-state index in [1.807, 2.05) is 0 Å². The Morgan fingerprint density at radius 3 is 1.57 bits per heavy atom. The molecule has 0 amide bonds. The Labute approximate surface area is 75.9 Å². The highest BCUT2D eigenvalue weighted by atomic mass is 32.2. The van der Waals surface area contributed by atoms with Gasteiger partial charge in [-0.05, 0) is 0 Å². The van der Waals surface area contributed by atoms with Crippen molar-refractivity contribution in [2.24, 2.45) is 0 Å². The van der Waals surface area contributed by atoms with Crippen LogP contribution in [-0.4, -0.2) is 32.8 Å². The highest BCUT2D eigenvalue weighted by molar-refractivity contribution is 7.73. The molecular weight excluding hydrogens is 246 g/mol. The Balaban J connectivity index is 0. The van der Waals surface area contributed by atoms with E-state index in [9.17, 15) is 26.3 Å². The Bertz CT molecular complexity index is 180. The summed E-state index contributed by atoms with van der Waals surface area (Å²) in [6, 6.07) is 0. The zero-order valence-corrected chi connectivity index (χ0v) is 6.87. The summed E-state index contributed by atoms with van der Waals surface area (Å²) < 4.78 is 86.1. The first kappa shape index (κ1) is 16.1. The highest BCUT2D eigenvalue weighted by Crippen LogP contribution is 2.35. The van der Waals surface area contributed by atoms with E-state index in [0.717, 1.165) is 0 Å². The van der Waals surface area contributed by atoms with Gasteiger partial charge in [0.25, 0.3) is 0 Å². The second-order valence-electron chi connectivity index (χ2n) is 1.61. The van der Waals surface area contributed by atoms with Crippen molar-refractivity contribution in [1.29, 1.82) is 0 Å². The van der Waals surface area contributed by atoms with Crippen molar-refractivity contribution in [1.82, 2.24) is 0 Å². The SMILES string of the molecule is FCC(F)(F)C(F)(F)F.O=S([O-])OO. The molecule has 0 radical (unpaired) electrons. The first-order chi connectivity index (χ1) is 6.08. The van der Waals surface area contributed by atoms with Gasteiger partial charge >= 0.3 is 12.1 Å². The molecule has 0 fully saturated rings. The third-order valence-corrected chi connectivity index (χ3v) is 0.765. The summed E-state index contributed by atoms with van der Waals surface area (Å²) in [6.07, 6.45) is -5.76. The lowest BCUT2D eigenvalue weighted by atomic mass is 10.4.